The van der Waals surface area contributed by atoms with Crippen molar-refractivity contribution in [1.29, 1.82) is 5.26 Å². The van der Waals surface area contributed by atoms with E-state index in [2.05, 4.69) is 5.32 Å². The van der Waals surface area contributed by atoms with Crippen LogP contribution in [-0.2, 0) is 9.53 Å². The predicted molar refractivity (Wildman–Crippen MR) is 140 cm³/mol. The van der Waals surface area contributed by atoms with Crippen molar-refractivity contribution in [2.45, 2.75) is 27.2 Å². The first kappa shape index (κ1) is 26.0. The van der Waals surface area contributed by atoms with Crippen molar-refractivity contribution in [3.05, 3.63) is 75.1 Å². The third-order valence-corrected chi connectivity index (χ3v) is 6.23. The highest BCUT2D eigenvalue weighted by molar-refractivity contribution is 7.17. The van der Waals surface area contributed by atoms with E-state index >= 15 is 0 Å². The molecule has 0 fully saturated rings. The second-order valence-corrected chi connectivity index (χ2v) is 9.17. The van der Waals surface area contributed by atoms with E-state index < -0.39 is 11.9 Å². The van der Waals surface area contributed by atoms with Gasteiger partial charge < -0.3 is 14.8 Å². The number of rotatable bonds is 9. The summed E-state index contributed by atoms with van der Waals surface area (Å²) in [7, 11) is 0. The van der Waals surface area contributed by atoms with Gasteiger partial charge in [-0.3, -0.25) is 4.79 Å². The molecule has 1 amide bonds. The third-order valence-electron chi connectivity index (χ3n) is 4.95. The zero-order chi connectivity index (χ0) is 25.4. The van der Waals surface area contributed by atoms with Crippen LogP contribution in [0.15, 0.2) is 54.1 Å². The Bertz CT molecular complexity index is 1270. The van der Waals surface area contributed by atoms with Gasteiger partial charge in [0.05, 0.1) is 13.2 Å². The van der Waals surface area contributed by atoms with Gasteiger partial charge in [0.15, 0.2) is 0 Å². The standard InChI is InChI=1S/C27H25ClN2O4S/c1-4-14-34-22-12-6-18(7-13-22)15-20(16-29)25(31)30-26-24(27(32)33-5-2)23(17(3)35-26)19-8-10-21(28)11-9-19/h6-13,15H,4-5,14H2,1-3H3,(H,30,31). The van der Waals surface area contributed by atoms with Gasteiger partial charge >= 0.3 is 5.97 Å². The Morgan fingerprint density at radius 1 is 1.11 bits per heavy atom. The molecule has 0 unspecified atom stereocenters. The Balaban J connectivity index is 1.93. The van der Waals surface area contributed by atoms with E-state index in [9.17, 15) is 14.9 Å². The van der Waals surface area contributed by atoms with Gasteiger partial charge in [0.25, 0.3) is 5.91 Å². The van der Waals surface area contributed by atoms with E-state index in [0.29, 0.717) is 27.8 Å². The zero-order valence-electron chi connectivity index (χ0n) is 19.7. The number of nitriles is 1. The molecule has 0 atom stereocenters. The number of hydrogen-bond donors (Lipinski definition) is 1. The number of amides is 1. The summed E-state index contributed by atoms with van der Waals surface area (Å²) in [6.45, 7) is 6.39. The lowest BCUT2D eigenvalue weighted by molar-refractivity contribution is -0.112. The quantitative estimate of drug-likeness (QED) is 0.193. The molecule has 0 aliphatic carbocycles. The molecule has 0 aliphatic heterocycles. The molecule has 6 nitrogen and oxygen atoms in total. The molecule has 1 N–H and O–H groups in total. The predicted octanol–water partition coefficient (Wildman–Crippen LogP) is 6.89. The topological polar surface area (TPSA) is 88.4 Å². The van der Waals surface area contributed by atoms with Gasteiger partial charge in [-0.05, 0) is 61.7 Å². The maximum absolute atomic E-state index is 13.0. The Labute approximate surface area is 213 Å². The minimum Gasteiger partial charge on any atom is -0.494 e. The fraction of sp³-hybridized carbons (Fsp3) is 0.222. The van der Waals surface area contributed by atoms with Crippen LogP contribution in [0.5, 0.6) is 5.75 Å². The number of carbonyl (C=O) groups is 2. The van der Waals surface area contributed by atoms with Crippen molar-refractivity contribution in [1.82, 2.24) is 0 Å². The molecule has 35 heavy (non-hydrogen) atoms. The number of halogens is 1. The molecule has 2 aromatic carbocycles. The van der Waals surface area contributed by atoms with Crippen LogP contribution in [0, 0.1) is 18.3 Å². The summed E-state index contributed by atoms with van der Waals surface area (Å²) in [5.41, 5.74) is 2.26. The fourth-order valence-electron chi connectivity index (χ4n) is 3.36. The molecule has 0 spiro atoms. The molecule has 1 heterocycles. The first-order valence-electron chi connectivity index (χ1n) is 11.1. The van der Waals surface area contributed by atoms with Crippen LogP contribution in [0.3, 0.4) is 0 Å². The second kappa shape index (κ2) is 12.2. The largest absolute Gasteiger partial charge is 0.494 e. The van der Waals surface area contributed by atoms with E-state index in [0.717, 1.165) is 22.6 Å². The van der Waals surface area contributed by atoms with Crippen LogP contribution < -0.4 is 10.1 Å². The van der Waals surface area contributed by atoms with E-state index in [1.54, 1.807) is 55.5 Å². The van der Waals surface area contributed by atoms with Crippen molar-refractivity contribution >= 4 is 45.9 Å². The molecule has 8 heteroatoms. The Hall–Kier alpha value is -3.60. The molecule has 3 rings (SSSR count). The van der Waals surface area contributed by atoms with Crippen molar-refractivity contribution in [2.24, 2.45) is 0 Å². The molecular formula is C27H25ClN2O4S. The number of nitrogens with zero attached hydrogens (tertiary/aromatic N) is 1. The van der Waals surface area contributed by atoms with E-state index in [4.69, 9.17) is 21.1 Å². The molecule has 3 aromatic rings. The monoisotopic (exact) mass is 508 g/mol. The molecular weight excluding hydrogens is 484 g/mol. The van der Waals surface area contributed by atoms with Gasteiger partial charge in [0.1, 0.15) is 28.0 Å². The minimum absolute atomic E-state index is 0.0962. The van der Waals surface area contributed by atoms with Crippen LogP contribution in [-0.4, -0.2) is 25.1 Å². The van der Waals surface area contributed by atoms with Crippen molar-refractivity contribution in [3.63, 3.8) is 0 Å². The molecule has 180 valence electrons. The number of aryl methyl sites for hydroxylation is 1. The second-order valence-electron chi connectivity index (χ2n) is 7.51. The number of hydrogen-bond acceptors (Lipinski definition) is 6. The lowest BCUT2D eigenvalue weighted by Crippen LogP contribution is -2.16. The average molecular weight is 509 g/mol. The van der Waals surface area contributed by atoms with Crippen molar-refractivity contribution in [3.8, 4) is 22.9 Å². The zero-order valence-corrected chi connectivity index (χ0v) is 21.3. The Kier molecular flexibility index (Phi) is 9.07. The Morgan fingerprint density at radius 2 is 1.80 bits per heavy atom. The highest BCUT2D eigenvalue weighted by Crippen LogP contribution is 2.41. The van der Waals surface area contributed by atoms with E-state index in [1.807, 2.05) is 19.9 Å². The highest BCUT2D eigenvalue weighted by atomic mass is 35.5. The number of ether oxygens (including phenoxy) is 2. The maximum atomic E-state index is 13.0. The van der Waals surface area contributed by atoms with Crippen LogP contribution in [0.4, 0.5) is 5.00 Å². The number of esters is 1. The third kappa shape index (κ3) is 6.50. The summed E-state index contributed by atoms with van der Waals surface area (Å²) in [5.74, 6) is -0.453. The van der Waals surface area contributed by atoms with Gasteiger partial charge in [-0.25, -0.2) is 4.79 Å². The van der Waals surface area contributed by atoms with Gasteiger partial charge in [-0.2, -0.15) is 5.26 Å². The summed E-state index contributed by atoms with van der Waals surface area (Å²) in [4.78, 5) is 26.7. The molecule has 0 bridgehead atoms. The van der Waals surface area contributed by atoms with Gasteiger partial charge in [0, 0.05) is 15.5 Å². The van der Waals surface area contributed by atoms with Crippen LogP contribution >= 0.6 is 22.9 Å². The van der Waals surface area contributed by atoms with Crippen LogP contribution in [0.1, 0.15) is 41.1 Å². The van der Waals surface area contributed by atoms with Gasteiger partial charge in [0.2, 0.25) is 0 Å². The summed E-state index contributed by atoms with van der Waals surface area (Å²) in [5, 5.41) is 13.3. The molecule has 0 saturated carbocycles. The molecule has 0 saturated heterocycles. The summed E-state index contributed by atoms with van der Waals surface area (Å²) in [6.07, 6.45) is 2.39. The number of thiophene rings is 1. The average Bonchev–Trinajstić information content (AvgIpc) is 3.17. The molecule has 0 radical (unpaired) electrons. The minimum atomic E-state index is -0.617. The van der Waals surface area contributed by atoms with Gasteiger partial charge in [-0.15, -0.1) is 11.3 Å². The Morgan fingerprint density at radius 3 is 2.40 bits per heavy atom. The number of benzene rings is 2. The number of anilines is 1. The van der Waals surface area contributed by atoms with Crippen LogP contribution in [0.25, 0.3) is 17.2 Å². The number of nitrogens with one attached hydrogen (secondary N) is 1. The normalized spacial score (nSPS) is 11.0. The highest BCUT2D eigenvalue weighted by Gasteiger charge is 2.26. The smallest absolute Gasteiger partial charge is 0.341 e. The van der Waals surface area contributed by atoms with Crippen molar-refractivity contribution < 1.29 is 19.1 Å². The fourth-order valence-corrected chi connectivity index (χ4v) is 4.55. The SMILES string of the molecule is CCCOc1ccc(C=C(C#N)C(=O)Nc2sc(C)c(-c3ccc(Cl)cc3)c2C(=O)OCC)cc1. The summed E-state index contributed by atoms with van der Waals surface area (Å²) in [6, 6.07) is 16.1. The van der Waals surface area contributed by atoms with Crippen LogP contribution in [0.2, 0.25) is 5.02 Å². The first-order chi connectivity index (χ1) is 16.9. The summed E-state index contributed by atoms with van der Waals surface area (Å²) >= 11 is 7.27. The molecule has 1 aromatic heterocycles. The maximum Gasteiger partial charge on any atom is 0.341 e. The van der Waals surface area contributed by atoms with Gasteiger partial charge in [-0.1, -0.05) is 42.8 Å². The van der Waals surface area contributed by atoms with E-state index in [1.165, 1.54) is 17.4 Å². The molecule has 0 aliphatic rings. The van der Waals surface area contributed by atoms with Crippen molar-refractivity contribution in [2.75, 3.05) is 18.5 Å². The lowest BCUT2D eigenvalue weighted by atomic mass is 10.0. The lowest BCUT2D eigenvalue weighted by Gasteiger charge is -2.09. The van der Waals surface area contributed by atoms with E-state index in [-0.39, 0.29) is 17.7 Å². The summed E-state index contributed by atoms with van der Waals surface area (Å²) < 4.78 is 10.8. The number of carbonyl (C=O) groups excluding carboxylic acids is 2. The first-order valence-corrected chi connectivity index (χ1v) is 12.3.